The van der Waals surface area contributed by atoms with Crippen molar-refractivity contribution in [3.05, 3.63) is 70.5 Å². The van der Waals surface area contributed by atoms with Gasteiger partial charge in [-0.3, -0.25) is 9.36 Å². The highest BCUT2D eigenvalue weighted by Crippen LogP contribution is 2.16. The van der Waals surface area contributed by atoms with E-state index in [-0.39, 0.29) is 5.56 Å². The summed E-state index contributed by atoms with van der Waals surface area (Å²) in [7, 11) is 0. The van der Waals surface area contributed by atoms with Crippen molar-refractivity contribution in [1.29, 1.82) is 0 Å². The number of rotatable bonds is 3. The van der Waals surface area contributed by atoms with Crippen LogP contribution in [0.1, 0.15) is 5.56 Å². The second-order valence-corrected chi connectivity index (χ2v) is 5.27. The van der Waals surface area contributed by atoms with Crippen molar-refractivity contribution in [2.45, 2.75) is 11.7 Å². The van der Waals surface area contributed by atoms with E-state index in [2.05, 4.69) is 4.98 Å². The average molecular weight is 282 g/mol. The molecule has 0 radical (unpaired) electrons. The van der Waals surface area contributed by atoms with Crippen molar-refractivity contribution in [2.24, 2.45) is 0 Å². The normalized spacial score (nSPS) is 10.8. The molecular weight excluding hydrogens is 268 g/mol. The first-order valence-corrected chi connectivity index (χ1v) is 7.59. The third-order valence-corrected chi connectivity index (χ3v) is 3.87. The molecule has 4 heteroatoms. The standard InChI is InChI=1S/C16H14N2OS/c1-20-16-17-14-10-6-5-9-13(14)15(19)18(16)11-12-7-3-2-4-8-12/h2-10H,11H2,1H3. The molecule has 2 aromatic carbocycles. The van der Waals surface area contributed by atoms with Gasteiger partial charge in [0.15, 0.2) is 5.16 Å². The third kappa shape index (κ3) is 2.34. The molecule has 0 aliphatic rings. The number of thioether (sulfide) groups is 1. The SMILES string of the molecule is CSc1nc2ccccc2c(=O)n1Cc1ccccc1. The second kappa shape index (κ2) is 5.51. The Morgan fingerprint density at radius 3 is 2.50 bits per heavy atom. The van der Waals surface area contributed by atoms with Crippen LogP contribution >= 0.6 is 11.8 Å². The molecule has 0 atom stereocenters. The summed E-state index contributed by atoms with van der Waals surface area (Å²) < 4.78 is 1.74. The summed E-state index contributed by atoms with van der Waals surface area (Å²) >= 11 is 1.50. The van der Waals surface area contributed by atoms with Gasteiger partial charge in [0, 0.05) is 0 Å². The fourth-order valence-corrected chi connectivity index (χ4v) is 2.77. The lowest BCUT2D eigenvalue weighted by molar-refractivity contribution is 0.659. The van der Waals surface area contributed by atoms with Crippen LogP contribution in [0, 0.1) is 0 Å². The van der Waals surface area contributed by atoms with Crippen molar-refractivity contribution in [3.63, 3.8) is 0 Å². The summed E-state index contributed by atoms with van der Waals surface area (Å²) in [4.78, 5) is 17.2. The van der Waals surface area contributed by atoms with Crippen molar-refractivity contribution < 1.29 is 0 Å². The van der Waals surface area contributed by atoms with Crippen molar-refractivity contribution in [1.82, 2.24) is 9.55 Å². The molecule has 0 aliphatic carbocycles. The fourth-order valence-electron chi connectivity index (χ4n) is 2.21. The van der Waals surface area contributed by atoms with Crippen molar-refractivity contribution in [2.75, 3.05) is 6.26 Å². The van der Waals surface area contributed by atoms with Gasteiger partial charge < -0.3 is 0 Å². The van der Waals surface area contributed by atoms with Crippen LogP contribution in [-0.4, -0.2) is 15.8 Å². The zero-order chi connectivity index (χ0) is 13.9. The topological polar surface area (TPSA) is 34.9 Å². The summed E-state index contributed by atoms with van der Waals surface area (Å²) in [5.41, 5.74) is 1.87. The predicted octanol–water partition coefficient (Wildman–Crippen LogP) is 3.17. The van der Waals surface area contributed by atoms with E-state index < -0.39 is 0 Å². The molecule has 0 amide bonds. The first kappa shape index (κ1) is 12.9. The minimum absolute atomic E-state index is 0.0174. The number of benzene rings is 2. The minimum atomic E-state index is 0.0174. The number of hydrogen-bond acceptors (Lipinski definition) is 3. The van der Waals surface area contributed by atoms with Gasteiger partial charge in [-0.2, -0.15) is 0 Å². The Balaban J connectivity index is 2.18. The highest BCUT2D eigenvalue weighted by atomic mass is 32.2. The van der Waals surface area contributed by atoms with Gasteiger partial charge in [0.2, 0.25) is 0 Å². The lowest BCUT2D eigenvalue weighted by Gasteiger charge is -2.11. The molecule has 3 aromatic rings. The molecule has 1 aromatic heterocycles. The zero-order valence-electron chi connectivity index (χ0n) is 11.1. The second-order valence-electron chi connectivity index (χ2n) is 4.49. The molecule has 1 heterocycles. The fraction of sp³-hybridized carbons (Fsp3) is 0.125. The number of hydrogen-bond donors (Lipinski definition) is 0. The minimum Gasteiger partial charge on any atom is -0.283 e. The molecule has 0 aliphatic heterocycles. The first-order valence-electron chi connectivity index (χ1n) is 6.37. The molecule has 0 unspecified atom stereocenters. The Morgan fingerprint density at radius 1 is 1.05 bits per heavy atom. The molecule has 100 valence electrons. The molecule has 0 saturated heterocycles. The largest absolute Gasteiger partial charge is 0.283 e. The smallest absolute Gasteiger partial charge is 0.262 e. The van der Waals surface area contributed by atoms with E-state index in [1.807, 2.05) is 60.9 Å². The van der Waals surface area contributed by atoms with Gasteiger partial charge >= 0.3 is 0 Å². The third-order valence-electron chi connectivity index (χ3n) is 3.19. The van der Waals surface area contributed by atoms with Crippen LogP contribution in [0.5, 0.6) is 0 Å². The van der Waals surface area contributed by atoms with Gasteiger partial charge in [-0.15, -0.1) is 0 Å². The molecule has 0 bridgehead atoms. The van der Waals surface area contributed by atoms with E-state index in [9.17, 15) is 4.79 Å². The van der Waals surface area contributed by atoms with E-state index in [0.717, 1.165) is 16.2 Å². The summed E-state index contributed by atoms with van der Waals surface area (Å²) in [6.07, 6.45) is 1.94. The Morgan fingerprint density at radius 2 is 1.75 bits per heavy atom. The molecule has 3 nitrogen and oxygen atoms in total. The van der Waals surface area contributed by atoms with E-state index in [4.69, 9.17) is 0 Å². The highest BCUT2D eigenvalue weighted by molar-refractivity contribution is 7.98. The first-order chi connectivity index (χ1) is 9.79. The van der Waals surface area contributed by atoms with Gasteiger partial charge in [-0.25, -0.2) is 4.98 Å². The monoisotopic (exact) mass is 282 g/mol. The number of fused-ring (bicyclic) bond motifs is 1. The van der Waals surface area contributed by atoms with Crippen LogP contribution in [0.25, 0.3) is 10.9 Å². The van der Waals surface area contributed by atoms with Gasteiger partial charge in [0.1, 0.15) is 0 Å². The quantitative estimate of drug-likeness (QED) is 0.547. The molecule has 0 fully saturated rings. The Kier molecular flexibility index (Phi) is 3.56. The maximum absolute atomic E-state index is 12.6. The van der Waals surface area contributed by atoms with E-state index in [0.29, 0.717) is 11.9 Å². The van der Waals surface area contributed by atoms with Crippen LogP contribution in [0.15, 0.2) is 64.5 Å². The van der Waals surface area contributed by atoms with Crippen LogP contribution in [0.4, 0.5) is 0 Å². The Hall–Kier alpha value is -2.07. The van der Waals surface area contributed by atoms with Gasteiger partial charge in [-0.05, 0) is 24.0 Å². The van der Waals surface area contributed by atoms with Crippen LogP contribution < -0.4 is 5.56 Å². The number of para-hydroxylation sites is 1. The molecule has 0 N–H and O–H groups in total. The van der Waals surface area contributed by atoms with E-state index in [1.54, 1.807) is 4.57 Å². The number of aromatic nitrogens is 2. The molecule has 0 saturated carbocycles. The molecule has 3 rings (SSSR count). The van der Waals surface area contributed by atoms with Gasteiger partial charge in [0.05, 0.1) is 17.4 Å². The summed E-state index contributed by atoms with van der Waals surface area (Å²) in [5, 5.41) is 1.42. The Labute approximate surface area is 121 Å². The van der Waals surface area contributed by atoms with Crippen LogP contribution in [0.2, 0.25) is 0 Å². The maximum Gasteiger partial charge on any atom is 0.262 e. The van der Waals surface area contributed by atoms with Crippen LogP contribution in [0.3, 0.4) is 0 Å². The van der Waals surface area contributed by atoms with Crippen LogP contribution in [-0.2, 0) is 6.54 Å². The lowest BCUT2D eigenvalue weighted by atomic mass is 10.2. The molecule has 20 heavy (non-hydrogen) atoms. The van der Waals surface area contributed by atoms with Crippen molar-refractivity contribution in [3.8, 4) is 0 Å². The molecule has 0 spiro atoms. The van der Waals surface area contributed by atoms with E-state index in [1.165, 1.54) is 11.8 Å². The highest BCUT2D eigenvalue weighted by Gasteiger charge is 2.10. The van der Waals surface area contributed by atoms with Gasteiger partial charge in [0.25, 0.3) is 5.56 Å². The van der Waals surface area contributed by atoms with E-state index >= 15 is 0 Å². The summed E-state index contributed by atoms with van der Waals surface area (Å²) in [6, 6.07) is 17.5. The number of nitrogens with zero attached hydrogens (tertiary/aromatic N) is 2. The maximum atomic E-state index is 12.6. The Bertz CT molecular complexity index is 796. The zero-order valence-corrected chi connectivity index (χ0v) is 11.9. The van der Waals surface area contributed by atoms with Crippen molar-refractivity contribution >= 4 is 22.7 Å². The predicted molar refractivity (Wildman–Crippen MR) is 83.3 cm³/mol. The molecular formula is C16H14N2OS. The van der Waals surface area contributed by atoms with Gasteiger partial charge in [-0.1, -0.05) is 54.2 Å². The summed E-state index contributed by atoms with van der Waals surface area (Å²) in [6.45, 7) is 0.549. The average Bonchev–Trinajstić information content (AvgIpc) is 2.51. The summed E-state index contributed by atoms with van der Waals surface area (Å²) in [5.74, 6) is 0. The lowest BCUT2D eigenvalue weighted by Crippen LogP contribution is -2.23.